The van der Waals surface area contributed by atoms with Crippen LogP contribution < -0.4 is 0 Å². The molecule has 0 unspecified atom stereocenters. The van der Waals surface area contributed by atoms with Crippen molar-refractivity contribution < 1.29 is 17.6 Å². The highest BCUT2D eigenvalue weighted by Gasteiger charge is 2.30. The Balaban J connectivity index is 0.00000153. The average Bonchev–Trinajstić information content (AvgIpc) is 3.40. The van der Waals surface area contributed by atoms with E-state index in [0.29, 0.717) is 16.9 Å². The van der Waals surface area contributed by atoms with Gasteiger partial charge in [-0.15, -0.1) is 24.8 Å². The molecule has 170 valence electrons. The molecule has 0 atom stereocenters. The number of alkyl halides is 3. The van der Waals surface area contributed by atoms with E-state index in [1.165, 1.54) is 24.3 Å². The highest BCUT2D eigenvalue weighted by molar-refractivity contribution is 5.85. The smallest absolute Gasteiger partial charge is 0.299 e. The van der Waals surface area contributed by atoms with Crippen molar-refractivity contribution in [2.24, 2.45) is 0 Å². The summed E-state index contributed by atoms with van der Waals surface area (Å²) in [6.45, 7) is 0. The first-order valence-electron chi connectivity index (χ1n) is 9.34. The molecule has 3 heterocycles. The number of benzene rings is 2. The molecule has 0 fully saturated rings. The van der Waals surface area contributed by atoms with Gasteiger partial charge in [0, 0.05) is 28.5 Å². The van der Waals surface area contributed by atoms with Crippen LogP contribution in [0.2, 0.25) is 0 Å². The fraction of sp³-hybridized carbons (Fsp3) is 0.0435. The lowest BCUT2D eigenvalue weighted by molar-refractivity contribution is -0.137. The minimum atomic E-state index is -4.39. The second kappa shape index (κ2) is 9.25. The summed E-state index contributed by atoms with van der Waals surface area (Å²) < 4.78 is 53.7. The first kappa shape index (κ1) is 24.3. The Hall–Kier alpha value is -3.36. The van der Waals surface area contributed by atoms with E-state index in [2.05, 4.69) is 15.2 Å². The molecule has 3 aromatic heterocycles. The van der Waals surface area contributed by atoms with Gasteiger partial charge in [-0.25, -0.2) is 9.37 Å². The van der Waals surface area contributed by atoms with Crippen molar-refractivity contribution >= 4 is 30.5 Å². The van der Waals surface area contributed by atoms with Gasteiger partial charge in [0.1, 0.15) is 11.5 Å². The van der Waals surface area contributed by atoms with E-state index in [4.69, 9.17) is 0 Å². The third-order valence-electron chi connectivity index (χ3n) is 5.10. The Morgan fingerprint density at radius 3 is 2.06 bits per heavy atom. The molecule has 0 spiro atoms. The van der Waals surface area contributed by atoms with Gasteiger partial charge in [-0.3, -0.25) is 9.50 Å². The van der Waals surface area contributed by atoms with Crippen molar-refractivity contribution in [2.45, 2.75) is 6.18 Å². The summed E-state index contributed by atoms with van der Waals surface area (Å²) in [6.07, 6.45) is 0.767. The van der Waals surface area contributed by atoms with Crippen LogP contribution in [0.4, 0.5) is 17.6 Å². The second-order valence-corrected chi connectivity index (χ2v) is 7.03. The van der Waals surface area contributed by atoms with Crippen LogP contribution in [0.5, 0.6) is 0 Å². The maximum absolute atomic E-state index is 13.3. The highest BCUT2D eigenvalue weighted by Crippen LogP contribution is 2.33. The maximum atomic E-state index is 13.3. The molecule has 0 saturated heterocycles. The normalized spacial score (nSPS) is 11.2. The molecule has 0 aliphatic rings. The topological polar surface area (TPSA) is 46.0 Å². The third-order valence-corrected chi connectivity index (χ3v) is 5.10. The van der Waals surface area contributed by atoms with E-state index in [-0.39, 0.29) is 30.6 Å². The Kier molecular flexibility index (Phi) is 6.81. The molecule has 0 aliphatic heterocycles. The van der Waals surface area contributed by atoms with E-state index in [0.717, 1.165) is 34.5 Å². The molecule has 2 aromatic carbocycles. The molecular weight excluding hydrogens is 479 g/mol. The SMILES string of the molecule is Cl.Cl.Fc1ccc(-c2[nH]ncc2-c2ccc3ncc(-c4ccc(C(F)(F)F)cc4)n3c2)cc1. The van der Waals surface area contributed by atoms with E-state index < -0.39 is 11.7 Å². The van der Waals surface area contributed by atoms with Gasteiger partial charge in [-0.1, -0.05) is 12.1 Å². The molecule has 1 N–H and O–H groups in total. The van der Waals surface area contributed by atoms with Gasteiger partial charge in [0.05, 0.1) is 29.3 Å². The van der Waals surface area contributed by atoms with E-state index >= 15 is 0 Å². The Morgan fingerprint density at radius 1 is 0.758 bits per heavy atom. The van der Waals surface area contributed by atoms with Crippen molar-refractivity contribution in [1.29, 1.82) is 0 Å². The minimum Gasteiger partial charge on any atom is -0.299 e. The average molecular weight is 495 g/mol. The Labute approximate surface area is 198 Å². The molecule has 0 amide bonds. The van der Waals surface area contributed by atoms with Crippen molar-refractivity contribution in [3.63, 3.8) is 0 Å². The molecule has 33 heavy (non-hydrogen) atoms. The summed E-state index contributed by atoms with van der Waals surface area (Å²) in [5.41, 5.74) is 4.38. The number of aromatic nitrogens is 4. The zero-order valence-corrected chi connectivity index (χ0v) is 18.3. The standard InChI is InChI=1S/C23H14F4N4.2ClH/c24-18-8-3-15(4-9-18)22-19(11-29-30-22)16-5-10-21-28-12-20(31(21)13-16)14-1-6-17(7-2-14)23(25,26)27;;/h1-13H,(H,29,30);2*1H. The first-order valence-corrected chi connectivity index (χ1v) is 9.34. The summed E-state index contributed by atoms with van der Waals surface area (Å²) in [7, 11) is 0. The molecule has 0 radical (unpaired) electrons. The van der Waals surface area contributed by atoms with E-state index in [1.54, 1.807) is 24.5 Å². The summed E-state index contributed by atoms with van der Waals surface area (Å²) in [6, 6.07) is 14.8. The summed E-state index contributed by atoms with van der Waals surface area (Å²) in [4.78, 5) is 4.35. The number of nitrogens with one attached hydrogen (secondary N) is 1. The monoisotopic (exact) mass is 494 g/mol. The largest absolute Gasteiger partial charge is 0.416 e. The number of imidazole rings is 1. The Morgan fingerprint density at radius 2 is 1.39 bits per heavy atom. The van der Waals surface area contributed by atoms with Gasteiger partial charge in [-0.2, -0.15) is 18.3 Å². The maximum Gasteiger partial charge on any atom is 0.416 e. The fourth-order valence-corrected chi connectivity index (χ4v) is 3.53. The predicted octanol–water partition coefficient (Wildman–Crippen LogP) is 7.06. The van der Waals surface area contributed by atoms with Gasteiger partial charge < -0.3 is 0 Å². The molecule has 0 saturated carbocycles. The minimum absolute atomic E-state index is 0. The van der Waals surface area contributed by atoms with Crippen LogP contribution in [0.1, 0.15) is 5.56 Å². The van der Waals surface area contributed by atoms with Gasteiger partial charge in [0.2, 0.25) is 0 Å². The third kappa shape index (κ3) is 4.58. The number of hydrogen-bond donors (Lipinski definition) is 1. The van der Waals surface area contributed by atoms with Gasteiger partial charge >= 0.3 is 6.18 Å². The van der Waals surface area contributed by atoms with Gasteiger partial charge in [-0.05, 0) is 48.5 Å². The van der Waals surface area contributed by atoms with Crippen LogP contribution in [0.3, 0.4) is 0 Å². The number of rotatable bonds is 3. The summed E-state index contributed by atoms with van der Waals surface area (Å²) >= 11 is 0. The van der Waals surface area contributed by atoms with Crippen LogP contribution in [0.25, 0.3) is 39.3 Å². The van der Waals surface area contributed by atoms with Crippen LogP contribution in [0, 0.1) is 5.82 Å². The van der Waals surface area contributed by atoms with Crippen LogP contribution in [0.15, 0.2) is 79.3 Å². The van der Waals surface area contributed by atoms with E-state index in [9.17, 15) is 17.6 Å². The number of pyridine rings is 1. The first-order chi connectivity index (χ1) is 14.9. The number of hydrogen-bond acceptors (Lipinski definition) is 2. The molecule has 10 heteroatoms. The van der Waals surface area contributed by atoms with E-state index in [1.807, 2.05) is 22.7 Å². The van der Waals surface area contributed by atoms with Crippen molar-refractivity contribution in [2.75, 3.05) is 0 Å². The predicted molar refractivity (Wildman–Crippen MR) is 123 cm³/mol. The van der Waals surface area contributed by atoms with Gasteiger partial charge in [0.15, 0.2) is 0 Å². The van der Waals surface area contributed by atoms with Gasteiger partial charge in [0.25, 0.3) is 0 Å². The van der Waals surface area contributed by atoms with Crippen LogP contribution in [-0.4, -0.2) is 19.6 Å². The lowest BCUT2D eigenvalue weighted by Gasteiger charge is -2.09. The molecule has 4 nitrogen and oxygen atoms in total. The highest BCUT2D eigenvalue weighted by atomic mass is 35.5. The summed E-state index contributed by atoms with van der Waals surface area (Å²) in [5, 5.41) is 7.07. The number of H-pyrrole nitrogens is 1. The molecule has 0 aliphatic carbocycles. The molecular formula is C23H16Cl2F4N4. The van der Waals surface area contributed by atoms with Crippen molar-refractivity contribution in [3.8, 4) is 33.6 Å². The lowest BCUT2D eigenvalue weighted by Crippen LogP contribution is -2.04. The molecule has 5 rings (SSSR count). The fourth-order valence-electron chi connectivity index (χ4n) is 3.53. The molecule has 0 bridgehead atoms. The van der Waals surface area contributed by atoms with Crippen molar-refractivity contribution in [1.82, 2.24) is 19.6 Å². The van der Waals surface area contributed by atoms with Crippen LogP contribution in [-0.2, 0) is 6.18 Å². The molecule has 5 aromatic rings. The number of nitrogens with zero attached hydrogens (tertiary/aromatic N) is 3. The second-order valence-electron chi connectivity index (χ2n) is 7.03. The zero-order chi connectivity index (χ0) is 21.6. The van der Waals surface area contributed by atoms with Crippen LogP contribution >= 0.6 is 24.8 Å². The Bertz CT molecular complexity index is 1370. The number of fused-ring (bicyclic) bond motifs is 1. The summed E-state index contributed by atoms with van der Waals surface area (Å²) in [5.74, 6) is -0.328. The quantitative estimate of drug-likeness (QED) is 0.273. The lowest BCUT2D eigenvalue weighted by atomic mass is 10.0. The zero-order valence-electron chi connectivity index (χ0n) is 16.7. The van der Waals surface area contributed by atoms with Crippen molar-refractivity contribution in [3.05, 3.63) is 90.6 Å². The number of aromatic amines is 1. The number of halogens is 6.